The number of hydrogen-bond acceptors (Lipinski definition) is 6. The summed E-state index contributed by atoms with van der Waals surface area (Å²) in [5.74, 6) is -0.0730. The molecular weight excluding hydrogens is 422 g/mol. The van der Waals surface area contributed by atoms with Crippen LogP contribution in [-0.4, -0.2) is 29.2 Å². The van der Waals surface area contributed by atoms with Crippen LogP contribution in [-0.2, 0) is 9.53 Å². The van der Waals surface area contributed by atoms with Crippen molar-refractivity contribution in [3.05, 3.63) is 77.4 Å². The van der Waals surface area contributed by atoms with Gasteiger partial charge >= 0.3 is 5.97 Å². The molecule has 1 N–H and O–H groups in total. The maximum atomic E-state index is 12.3. The predicted octanol–water partition coefficient (Wildman–Crippen LogP) is 5.23. The third kappa shape index (κ3) is 6.19. The van der Waals surface area contributed by atoms with E-state index in [0.29, 0.717) is 34.2 Å². The minimum Gasteiger partial charge on any atom is -0.462 e. The van der Waals surface area contributed by atoms with Crippen LogP contribution in [0.3, 0.4) is 0 Å². The van der Waals surface area contributed by atoms with Gasteiger partial charge in [0.1, 0.15) is 11.1 Å². The molecule has 32 heavy (non-hydrogen) atoms. The molecule has 0 spiro atoms. The lowest BCUT2D eigenvalue weighted by Crippen LogP contribution is -2.12. The highest BCUT2D eigenvalue weighted by atomic mass is 32.2. The van der Waals surface area contributed by atoms with Crippen molar-refractivity contribution in [2.75, 3.05) is 17.7 Å². The monoisotopic (exact) mass is 445 g/mol. The summed E-state index contributed by atoms with van der Waals surface area (Å²) in [6, 6.07) is 20.3. The molecule has 0 unspecified atom stereocenters. The minimum atomic E-state index is -0.393. The molecule has 162 valence electrons. The fourth-order valence-electron chi connectivity index (χ4n) is 2.89. The summed E-state index contributed by atoms with van der Waals surface area (Å²) in [6.07, 6.45) is 0.256. The minimum absolute atomic E-state index is 0.158. The van der Waals surface area contributed by atoms with Gasteiger partial charge in [0.25, 0.3) is 0 Å². The second-order valence-electron chi connectivity index (χ2n) is 6.97. The molecule has 7 heteroatoms. The van der Waals surface area contributed by atoms with Gasteiger partial charge in [0.15, 0.2) is 0 Å². The van der Waals surface area contributed by atoms with Crippen LogP contribution in [0.4, 0.5) is 5.69 Å². The fourth-order valence-corrected chi connectivity index (χ4v) is 3.80. The topological polar surface area (TPSA) is 92.1 Å². The van der Waals surface area contributed by atoms with Crippen molar-refractivity contribution < 1.29 is 14.3 Å². The first-order chi connectivity index (χ1) is 15.5. The quantitative estimate of drug-likeness (QED) is 0.377. The average molecular weight is 446 g/mol. The molecule has 2 aromatic carbocycles. The molecule has 3 aromatic rings. The molecule has 0 aliphatic carbocycles. The smallest absolute Gasteiger partial charge is 0.338 e. The van der Waals surface area contributed by atoms with Gasteiger partial charge in [-0.25, -0.2) is 9.78 Å². The number of nitriles is 1. The molecule has 0 saturated heterocycles. The number of rotatable bonds is 8. The van der Waals surface area contributed by atoms with Gasteiger partial charge in [0.05, 0.1) is 23.4 Å². The molecule has 0 bridgehead atoms. The standard InChI is InChI=1S/C25H23N3O3S/c1-3-31-25(30)19-8-11-21(12-9-19)27-23(29)14-15-32-24-20(16-26)10-13-22(28-24)18-6-4-17(2)5-7-18/h4-13H,3,14-15H2,1-2H3,(H,27,29). The van der Waals surface area contributed by atoms with E-state index >= 15 is 0 Å². The summed E-state index contributed by atoms with van der Waals surface area (Å²) in [7, 11) is 0. The molecule has 0 radical (unpaired) electrons. The third-order valence-electron chi connectivity index (χ3n) is 4.58. The maximum Gasteiger partial charge on any atom is 0.338 e. The number of hydrogen-bond donors (Lipinski definition) is 1. The lowest BCUT2D eigenvalue weighted by atomic mass is 10.1. The van der Waals surface area contributed by atoms with E-state index in [9.17, 15) is 14.9 Å². The van der Waals surface area contributed by atoms with E-state index in [4.69, 9.17) is 4.74 Å². The Hall–Kier alpha value is -3.63. The molecule has 0 aliphatic rings. The molecule has 1 heterocycles. The Morgan fingerprint density at radius 2 is 1.78 bits per heavy atom. The summed E-state index contributed by atoms with van der Waals surface area (Å²) >= 11 is 1.38. The van der Waals surface area contributed by atoms with Crippen LogP contribution in [0.15, 0.2) is 65.7 Å². The number of amides is 1. The highest BCUT2D eigenvalue weighted by molar-refractivity contribution is 7.99. The van der Waals surface area contributed by atoms with E-state index in [1.165, 1.54) is 17.3 Å². The zero-order valence-corrected chi connectivity index (χ0v) is 18.7. The van der Waals surface area contributed by atoms with E-state index < -0.39 is 5.97 Å². The number of carbonyl (C=O) groups excluding carboxylic acids is 2. The van der Waals surface area contributed by atoms with Crippen LogP contribution in [0, 0.1) is 18.3 Å². The van der Waals surface area contributed by atoms with Crippen molar-refractivity contribution in [2.24, 2.45) is 0 Å². The molecule has 0 fully saturated rings. The summed E-state index contributed by atoms with van der Waals surface area (Å²) in [4.78, 5) is 28.6. The second-order valence-corrected chi connectivity index (χ2v) is 8.06. The van der Waals surface area contributed by atoms with Gasteiger partial charge in [-0.05, 0) is 50.2 Å². The molecule has 1 amide bonds. The van der Waals surface area contributed by atoms with Crippen LogP contribution in [0.5, 0.6) is 0 Å². The molecular formula is C25H23N3O3S. The Morgan fingerprint density at radius 3 is 2.44 bits per heavy atom. The highest BCUT2D eigenvalue weighted by Crippen LogP contribution is 2.26. The van der Waals surface area contributed by atoms with Crippen molar-refractivity contribution in [2.45, 2.75) is 25.3 Å². The highest BCUT2D eigenvalue weighted by Gasteiger charge is 2.11. The number of benzene rings is 2. The van der Waals surface area contributed by atoms with E-state index in [1.807, 2.05) is 37.3 Å². The molecule has 1 aromatic heterocycles. The molecule has 0 aliphatic heterocycles. The number of thioether (sulfide) groups is 1. The van der Waals surface area contributed by atoms with Crippen LogP contribution < -0.4 is 5.32 Å². The van der Waals surface area contributed by atoms with Gasteiger partial charge in [0.2, 0.25) is 5.91 Å². The zero-order valence-electron chi connectivity index (χ0n) is 17.9. The van der Waals surface area contributed by atoms with Crippen molar-refractivity contribution in [3.63, 3.8) is 0 Å². The van der Waals surface area contributed by atoms with E-state index in [-0.39, 0.29) is 12.3 Å². The first-order valence-electron chi connectivity index (χ1n) is 10.2. The van der Waals surface area contributed by atoms with Gasteiger partial charge in [-0.3, -0.25) is 4.79 Å². The first kappa shape index (κ1) is 23.0. The molecule has 0 atom stereocenters. The Balaban J connectivity index is 1.58. The Kier molecular flexibility index (Phi) is 8.01. The maximum absolute atomic E-state index is 12.3. The largest absolute Gasteiger partial charge is 0.462 e. The molecule has 0 saturated carbocycles. The third-order valence-corrected chi connectivity index (χ3v) is 5.57. The number of aryl methyl sites for hydroxylation is 1. The lowest BCUT2D eigenvalue weighted by molar-refractivity contribution is -0.115. The van der Waals surface area contributed by atoms with Crippen LogP contribution in [0.25, 0.3) is 11.3 Å². The summed E-state index contributed by atoms with van der Waals surface area (Å²) in [6.45, 7) is 4.08. The normalized spacial score (nSPS) is 10.3. The van der Waals surface area contributed by atoms with E-state index in [2.05, 4.69) is 16.4 Å². The van der Waals surface area contributed by atoms with E-state index in [0.717, 1.165) is 11.3 Å². The number of carbonyl (C=O) groups is 2. The Morgan fingerprint density at radius 1 is 1.06 bits per heavy atom. The molecule has 6 nitrogen and oxygen atoms in total. The average Bonchev–Trinajstić information content (AvgIpc) is 2.80. The van der Waals surface area contributed by atoms with Crippen LogP contribution >= 0.6 is 11.8 Å². The Bertz CT molecular complexity index is 1140. The summed E-state index contributed by atoms with van der Waals surface area (Å²) < 4.78 is 4.95. The number of pyridine rings is 1. The van der Waals surface area contributed by atoms with Gasteiger partial charge < -0.3 is 10.1 Å². The van der Waals surface area contributed by atoms with Crippen molar-refractivity contribution in [1.29, 1.82) is 5.26 Å². The SMILES string of the molecule is CCOC(=O)c1ccc(NC(=O)CCSc2nc(-c3ccc(C)cc3)ccc2C#N)cc1. The summed E-state index contributed by atoms with van der Waals surface area (Å²) in [5, 5.41) is 12.8. The van der Waals surface area contributed by atoms with Crippen molar-refractivity contribution in [1.82, 2.24) is 4.98 Å². The van der Waals surface area contributed by atoms with Crippen molar-refractivity contribution >= 4 is 29.3 Å². The number of ether oxygens (including phenoxy) is 1. The van der Waals surface area contributed by atoms with Gasteiger partial charge in [0, 0.05) is 23.4 Å². The molecule has 3 rings (SSSR count). The van der Waals surface area contributed by atoms with Gasteiger partial charge in [-0.1, -0.05) is 29.8 Å². The van der Waals surface area contributed by atoms with Crippen LogP contribution in [0.2, 0.25) is 0 Å². The van der Waals surface area contributed by atoms with Gasteiger partial charge in [-0.2, -0.15) is 5.26 Å². The van der Waals surface area contributed by atoms with Gasteiger partial charge in [-0.15, -0.1) is 11.8 Å². The first-order valence-corrected chi connectivity index (χ1v) is 11.2. The second kappa shape index (κ2) is 11.1. The Labute approximate surface area is 191 Å². The fraction of sp³-hybridized carbons (Fsp3) is 0.200. The number of nitrogens with zero attached hydrogens (tertiary/aromatic N) is 2. The van der Waals surface area contributed by atoms with Crippen LogP contribution in [0.1, 0.15) is 34.8 Å². The van der Waals surface area contributed by atoms with E-state index in [1.54, 1.807) is 37.3 Å². The number of anilines is 1. The summed E-state index contributed by atoms with van der Waals surface area (Å²) in [5.41, 5.74) is 4.46. The zero-order chi connectivity index (χ0) is 22.9. The number of esters is 1. The number of nitrogens with one attached hydrogen (secondary N) is 1. The number of aromatic nitrogens is 1. The predicted molar refractivity (Wildman–Crippen MR) is 125 cm³/mol. The van der Waals surface area contributed by atoms with Crippen molar-refractivity contribution in [3.8, 4) is 17.3 Å². The lowest BCUT2D eigenvalue weighted by Gasteiger charge is -2.08.